The molecule has 74 valence electrons. The number of carboxylic acid groups (broad SMARTS) is 1. The molecule has 0 aromatic heterocycles. The second-order valence-corrected chi connectivity index (χ2v) is 4.18. The van der Waals surface area contributed by atoms with Gasteiger partial charge in [0.25, 0.3) is 0 Å². The average molecular weight is 203 g/mol. The number of hydrogen-bond donors (Lipinski definition) is 2. The van der Waals surface area contributed by atoms with Crippen molar-refractivity contribution < 1.29 is 14.6 Å². The Kier molecular flexibility index (Phi) is 2.25. The number of aliphatic carboxylic acids is 1. The molecular formula is C8H13NO3S. The number of ether oxygens (including phenoxy) is 1. The van der Waals surface area contributed by atoms with E-state index >= 15 is 0 Å². The molecule has 0 aromatic carbocycles. The Morgan fingerprint density at radius 1 is 1.62 bits per heavy atom. The summed E-state index contributed by atoms with van der Waals surface area (Å²) in [7, 11) is 0. The standard InChI is InChI=1S/C8H13NO3S/c10-7(11)8(1-2-8)9-3-4-12-6(13)5-9/h6,13H,1-5H2,(H,10,11). The van der Waals surface area contributed by atoms with Gasteiger partial charge < -0.3 is 9.84 Å². The molecule has 1 aliphatic heterocycles. The molecule has 1 saturated carbocycles. The zero-order chi connectivity index (χ0) is 9.47. The van der Waals surface area contributed by atoms with Crippen LogP contribution in [0.5, 0.6) is 0 Å². The van der Waals surface area contributed by atoms with Crippen LogP contribution in [0.25, 0.3) is 0 Å². The summed E-state index contributed by atoms with van der Waals surface area (Å²) < 4.78 is 5.24. The van der Waals surface area contributed by atoms with E-state index in [1.807, 2.05) is 4.90 Å². The number of hydrogen-bond acceptors (Lipinski definition) is 4. The van der Waals surface area contributed by atoms with Crippen molar-refractivity contribution in [2.24, 2.45) is 0 Å². The minimum atomic E-state index is -0.699. The fraction of sp³-hybridized carbons (Fsp3) is 0.875. The van der Waals surface area contributed by atoms with E-state index in [4.69, 9.17) is 9.84 Å². The van der Waals surface area contributed by atoms with Crippen molar-refractivity contribution >= 4 is 18.6 Å². The Bertz CT molecular complexity index is 229. The van der Waals surface area contributed by atoms with Crippen molar-refractivity contribution in [2.45, 2.75) is 23.8 Å². The molecule has 1 N–H and O–H groups in total. The lowest BCUT2D eigenvalue weighted by molar-refractivity contribution is -0.147. The van der Waals surface area contributed by atoms with Crippen molar-refractivity contribution in [1.82, 2.24) is 4.90 Å². The Labute approximate surface area is 82.3 Å². The molecule has 0 amide bonds. The lowest BCUT2D eigenvalue weighted by Gasteiger charge is -2.34. The van der Waals surface area contributed by atoms with Crippen LogP contribution >= 0.6 is 12.6 Å². The van der Waals surface area contributed by atoms with Gasteiger partial charge in [0.2, 0.25) is 0 Å². The summed E-state index contributed by atoms with van der Waals surface area (Å²) in [6, 6.07) is 0. The quantitative estimate of drug-likeness (QED) is 0.629. The number of nitrogens with zero attached hydrogens (tertiary/aromatic N) is 1. The van der Waals surface area contributed by atoms with E-state index in [0.717, 1.165) is 12.8 Å². The highest BCUT2D eigenvalue weighted by Crippen LogP contribution is 2.42. The van der Waals surface area contributed by atoms with Crippen LogP contribution in [0.15, 0.2) is 0 Å². The van der Waals surface area contributed by atoms with Crippen molar-refractivity contribution in [3.8, 4) is 0 Å². The molecule has 0 bridgehead atoms. The highest BCUT2D eigenvalue weighted by atomic mass is 32.1. The molecule has 2 aliphatic rings. The summed E-state index contributed by atoms with van der Waals surface area (Å²) in [4.78, 5) is 13.0. The van der Waals surface area contributed by atoms with E-state index in [1.54, 1.807) is 0 Å². The summed E-state index contributed by atoms with van der Waals surface area (Å²) in [5.41, 5.74) is -0.712. The molecule has 1 unspecified atom stereocenters. The Balaban J connectivity index is 2.03. The van der Waals surface area contributed by atoms with Crippen molar-refractivity contribution in [2.75, 3.05) is 19.7 Å². The maximum absolute atomic E-state index is 11.0. The van der Waals surface area contributed by atoms with Crippen molar-refractivity contribution in [3.05, 3.63) is 0 Å². The summed E-state index contributed by atoms with van der Waals surface area (Å²) in [5, 5.41) is 9.03. The van der Waals surface area contributed by atoms with Crippen molar-refractivity contribution in [1.29, 1.82) is 0 Å². The van der Waals surface area contributed by atoms with Gasteiger partial charge in [-0.25, -0.2) is 0 Å². The molecule has 13 heavy (non-hydrogen) atoms. The number of thiol groups is 1. The largest absolute Gasteiger partial charge is 0.480 e. The molecule has 2 fully saturated rings. The number of carbonyl (C=O) groups is 1. The van der Waals surface area contributed by atoms with E-state index in [0.29, 0.717) is 19.7 Å². The summed E-state index contributed by atoms with van der Waals surface area (Å²) in [6.45, 7) is 1.92. The predicted molar refractivity (Wildman–Crippen MR) is 49.9 cm³/mol. The molecule has 0 radical (unpaired) electrons. The zero-order valence-electron chi connectivity index (χ0n) is 7.27. The Hall–Kier alpha value is -0.260. The van der Waals surface area contributed by atoms with E-state index in [2.05, 4.69) is 12.6 Å². The lowest BCUT2D eigenvalue weighted by atomic mass is 10.2. The minimum absolute atomic E-state index is 0.134. The molecule has 5 heteroatoms. The second-order valence-electron chi connectivity index (χ2n) is 3.61. The maximum Gasteiger partial charge on any atom is 0.324 e. The van der Waals surface area contributed by atoms with Crippen molar-refractivity contribution in [3.63, 3.8) is 0 Å². The molecule has 4 nitrogen and oxygen atoms in total. The fourth-order valence-electron chi connectivity index (χ4n) is 1.80. The zero-order valence-corrected chi connectivity index (χ0v) is 8.17. The third-order valence-corrected chi connectivity index (χ3v) is 3.09. The summed E-state index contributed by atoms with van der Waals surface area (Å²) in [5.74, 6) is -0.699. The summed E-state index contributed by atoms with van der Waals surface area (Å²) in [6.07, 6.45) is 1.53. The minimum Gasteiger partial charge on any atom is -0.480 e. The van der Waals surface area contributed by atoms with E-state index in [-0.39, 0.29) is 5.44 Å². The van der Waals surface area contributed by atoms with Crippen LogP contribution in [-0.2, 0) is 9.53 Å². The van der Waals surface area contributed by atoms with E-state index in [9.17, 15) is 4.79 Å². The van der Waals surface area contributed by atoms with Gasteiger partial charge in [0, 0.05) is 13.1 Å². The van der Waals surface area contributed by atoms with Crippen LogP contribution in [0.2, 0.25) is 0 Å². The molecule has 0 spiro atoms. The molecule has 0 aromatic rings. The molecule has 2 rings (SSSR count). The normalized spacial score (nSPS) is 32.8. The van der Waals surface area contributed by atoms with Gasteiger partial charge in [-0.3, -0.25) is 9.69 Å². The lowest BCUT2D eigenvalue weighted by Crippen LogP contribution is -2.51. The third-order valence-electron chi connectivity index (χ3n) is 2.78. The monoisotopic (exact) mass is 203 g/mol. The first-order chi connectivity index (χ1) is 6.15. The predicted octanol–water partition coefficient (Wildman–Crippen LogP) is 0.192. The SMILES string of the molecule is O=C(O)C1(N2CCOC(S)C2)CC1. The fourth-order valence-corrected chi connectivity index (χ4v) is 2.11. The van der Waals surface area contributed by atoms with Gasteiger partial charge in [-0.05, 0) is 12.8 Å². The molecule has 1 saturated heterocycles. The second kappa shape index (κ2) is 3.15. The first kappa shape index (κ1) is 9.30. The van der Waals surface area contributed by atoms with Crippen LogP contribution in [0.4, 0.5) is 0 Å². The van der Waals surface area contributed by atoms with E-state index in [1.165, 1.54) is 0 Å². The van der Waals surface area contributed by atoms with Gasteiger partial charge in [-0.2, -0.15) is 0 Å². The van der Waals surface area contributed by atoms with Gasteiger partial charge >= 0.3 is 5.97 Å². The highest BCUT2D eigenvalue weighted by Gasteiger charge is 2.55. The van der Waals surface area contributed by atoms with Gasteiger partial charge in [-0.15, -0.1) is 12.6 Å². The van der Waals surface area contributed by atoms with Crippen LogP contribution in [-0.4, -0.2) is 46.6 Å². The van der Waals surface area contributed by atoms with Gasteiger partial charge in [0.15, 0.2) is 0 Å². The first-order valence-electron chi connectivity index (χ1n) is 4.43. The smallest absolute Gasteiger partial charge is 0.324 e. The third kappa shape index (κ3) is 1.56. The van der Waals surface area contributed by atoms with Gasteiger partial charge in [-0.1, -0.05) is 0 Å². The van der Waals surface area contributed by atoms with Gasteiger partial charge in [0.1, 0.15) is 11.0 Å². The van der Waals surface area contributed by atoms with Crippen LogP contribution in [0.1, 0.15) is 12.8 Å². The van der Waals surface area contributed by atoms with Crippen LogP contribution in [0, 0.1) is 0 Å². The first-order valence-corrected chi connectivity index (χ1v) is 4.95. The molecule has 1 heterocycles. The highest BCUT2D eigenvalue weighted by molar-refractivity contribution is 7.80. The molecule has 1 aliphatic carbocycles. The Morgan fingerprint density at radius 2 is 2.31 bits per heavy atom. The number of carboxylic acids is 1. The summed E-state index contributed by atoms with van der Waals surface area (Å²) >= 11 is 4.19. The van der Waals surface area contributed by atoms with Crippen LogP contribution < -0.4 is 0 Å². The number of morpholine rings is 1. The van der Waals surface area contributed by atoms with Crippen LogP contribution in [0.3, 0.4) is 0 Å². The molecular weight excluding hydrogens is 190 g/mol. The van der Waals surface area contributed by atoms with Gasteiger partial charge in [0.05, 0.1) is 6.61 Å². The topological polar surface area (TPSA) is 49.8 Å². The maximum atomic E-state index is 11.0. The molecule has 1 atom stereocenters. The Morgan fingerprint density at radius 3 is 2.77 bits per heavy atom. The number of rotatable bonds is 2. The average Bonchev–Trinajstić information content (AvgIpc) is 2.83. The van der Waals surface area contributed by atoms with E-state index < -0.39 is 11.5 Å².